The van der Waals surface area contributed by atoms with Crippen molar-refractivity contribution in [2.75, 3.05) is 5.75 Å². The van der Waals surface area contributed by atoms with Crippen LogP contribution in [0.25, 0.3) is 0 Å². The monoisotopic (exact) mass is 396 g/mol. The lowest BCUT2D eigenvalue weighted by atomic mass is 10.3. The lowest BCUT2D eigenvalue weighted by Gasteiger charge is -2.05. The molecule has 6 nitrogen and oxygen atoms in total. The molecule has 0 unspecified atom stereocenters. The van der Waals surface area contributed by atoms with Gasteiger partial charge in [0, 0.05) is 0 Å². The van der Waals surface area contributed by atoms with E-state index >= 15 is 0 Å². The SMILES string of the molecule is CCSc1nnc(C(F)(F)F)n1/N=C\c1ccc(COc2ccccc2)o1. The smallest absolute Gasteiger partial charge is 0.453 e. The van der Waals surface area contributed by atoms with Crippen molar-refractivity contribution in [1.82, 2.24) is 14.9 Å². The highest BCUT2D eigenvalue weighted by atomic mass is 32.2. The molecule has 0 fully saturated rings. The van der Waals surface area contributed by atoms with E-state index in [1.807, 2.05) is 30.3 Å². The lowest BCUT2D eigenvalue weighted by Crippen LogP contribution is -2.13. The minimum atomic E-state index is -4.66. The van der Waals surface area contributed by atoms with E-state index in [1.54, 1.807) is 19.1 Å². The lowest BCUT2D eigenvalue weighted by molar-refractivity contribution is -0.147. The normalized spacial score (nSPS) is 12.0. The molecule has 142 valence electrons. The molecule has 2 aromatic heterocycles. The third kappa shape index (κ3) is 4.91. The largest absolute Gasteiger partial charge is 0.486 e. The Hall–Kier alpha value is -2.75. The Kier molecular flexibility index (Phi) is 5.84. The van der Waals surface area contributed by atoms with Crippen molar-refractivity contribution in [1.29, 1.82) is 0 Å². The van der Waals surface area contributed by atoms with Crippen LogP contribution in [0.1, 0.15) is 24.3 Å². The number of aromatic nitrogens is 3. The first-order valence-corrected chi connectivity index (χ1v) is 8.92. The summed E-state index contributed by atoms with van der Waals surface area (Å²) in [5.41, 5.74) is 0. The van der Waals surface area contributed by atoms with Crippen LogP contribution in [0.15, 0.2) is 57.1 Å². The first kappa shape index (κ1) is 19.0. The molecule has 0 bridgehead atoms. The quantitative estimate of drug-likeness (QED) is 0.436. The summed E-state index contributed by atoms with van der Waals surface area (Å²) in [6.45, 7) is 1.99. The molecule has 0 aliphatic heterocycles. The Morgan fingerprint density at radius 2 is 1.96 bits per heavy atom. The van der Waals surface area contributed by atoms with Crippen molar-refractivity contribution in [2.24, 2.45) is 5.10 Å². The Labute approximate surface area is 157 Å². The third-order valence-electron chi connectivity index (χ3n) is 3.25. The number of nitrogens with zero attached hydrogens (tertiary/aromatic N) is 4. The number of hydrogen-bond donors (Lipinski definition) is 0. The number of hydrogen-bond acceptors (Lipinski definition) is 6. The Bertz CT molecular complexity index is 907. The van der Waals surface area contributed by atoms with Crippen LogP contribution in [0.2, 0.25) is 0 Å². The van der Waals surface area contributed by atoms with Crippen LogP contribution in [0, 0.1) is 0 Å². The van der Waals surface area contributed by atoms with E-state index < -0.39 is 12.0 Å². The van der Waals surface area contributed by atoms with Gasteiger partial charge in [-0.2, -0.15) is 22.9 Å². The maximum Gasteiger partial charge on any atom is 0.453 e. The van der Waals surface area contributed by atoms with Crippen LogP contribution in [-0.4, -0.2) is 26.8 Å². The third-order valence-corrected chi connectivity index (χ3v) is 4.05. The zero-order chi connectivity index (χ0) is 19.3. The van der Waals surface area contributed by atoms with Gasteiger partial charge in [0.2, 0.25) is 5.16 Å². The van der Waals surface area contributed by atoms with E-state index in [1.165, 1.54) is 6.21 Å². The summed E-state index contributed by atoms with van der Waals surface area (Å²) in [4.78, 5) is 0. The highest BCUT2D eigenvalue weighted by Gasteiger charge is 2.38. The molecule has 0 N–H and O–H groups in total. The number of benzene rings is 1. The fraction of sp³-hybridized carbons (Fsp3) is 0.235. The maximum absolute atomic E-state index is 13.0. The van der Waals surface area contributed by atoms with Crippen LogP contribution < -0.4 is 4.74 Å². The first-order chi connectivity index (χ1) is 13.0. The average molecular weight is 396 g/mol. The van der Waals surface area contributed by atoms with E-state index in [9.17, 15) is 13.2 Å². The molecule has 0 saturated carbocycles. The predicted molar refractivity (Wildman–Crippen MR) is 93.9 cm³/mol. The molecule has 1 aromatic carbocycles. The van der Waals surface area contributed by atoms with Crippen molar-refractivity contribution in [3.05, 3.63) is 59.8 Å². The summed E-state index contributed by atoms with van der Waals surface area (Å²) in [5.74, 6) is 0.838. The molecular formula is C17H15F3N4O2S. The van der Waals surface area contributed by atoms with Crippen molar-refractivity contribution in [2.45, 2.75) is 24.9 Å². The first-order valence-electron chi connectivity index (χ1n) is 7.93. The molecule has 3 aromatic rings. The predicted octanol–water partition coefficient (Wildman–Crippen LogP) is 4.46. The van der Waals surface area contributed by atoms with E-state index in [2.05, 4.69) is 15.3 Å². The summed E-state index contributed by atoms with van der Waals surface area (Å²) in [6.07, 6.45) is -3.47. The maximum atomic E-state index is 13.0. The van der Waals surface area contributed by atoms with Crippen molar-refractivity contribution in [3.8, 4) is 5.75 Å². The van der Waals surface area contributed by atoms with E-state index in [0.717, 1.165) is 11.8 Å². The van der Waals surface area contributed by atoms with Crippen LogP contribution in [0.3, 0.4) is 0 Å². The van der Waals surface area contributed by atoms with E-state index in [-0.39, 0.29) is 17.5 Å². The van der Waals surface area contributed by atoms with Crippen molar-refractivity contribution in [3.63, 3.8) is 0 Å². The van der Waals surface area contributed by atoms with Gasteiger partial charge in [-0.25, -0.2) is 0 Å². The van der Waals surface area contributed by atoms with Gasteiger partial charge in [-0.15, -0.1) is 10.2 Å². The van der Waals surface area contributed by atoms with E-state index in [4.69, 9.17) is 9.15 Å². The van der Waals surface area contributed by atoms with Gasteiger partial charge in [-0.3, -0.25) is 0 Å². The van der Waals surface area contributed by atoms with Crippen LogP contribution in [0.4, 0.5) is 13.2 Å². The molecule has 27 heavy (non-hydrogen) atoms. The molecular weight excluding hydrogens is 381 g/mol. The Balaban J connectivity index is 1.73. The standard InChI is InChI=1S/C17H15F3N4O2S/c1-2-27-16-23-22-15(17(18,19)20)24(16)21-10-13-8-9-14(26-13)11-25-12-6-4-3-5-7-12/h3-10H,2,11H2,1H3/b21-10-. The number of rotatable bonds is 7. The van der Waals surface area contributed by atoms with Gasteiger partial charge >= 0.3 is 6.18 Å². The number of thioether (sulfide) groups is 1. The molecule has 3 rings (SSSR count). The molecule has 0 aliphatic carbocycles. The molecule has 0 radical (unpaired) electrons. The zero-order valence-electron chi connectivity index (χ0n) is 14.2. The minimum absolute atomic E-state index is 0.0558. The highest BCUT2D eigenvalue weighted by Crippen LogP contribution is 2.30. The zero-order valence-corrected chi connectivity index (χ0v) is 15.0. The Morgan fingerprint density at radius 1 is 1.19 bits per heavy atom. The molecule has 0 spiro atoms. The minimum Gasteiger partial charge on any atom is -0.486 e. The number of ether oxygens (including phenoxy) is 1. The van der Waals surface area contributed by atoms with Gasteiger partial charge < -0.3 is 9.15 Å². The summed E-state index contributed by atoms with van der Waals surface area (Å²) < 4.78 is 50.9. The fourth-order valence-corrected chi connectivity index (χ4v) is 2.71. The topological polar surface area (TPSA) is 65.4 Å². The van der Waals surface area contributed by atoms with Crippen molar-refractivity contribution >= 4 is 18.0 Å². The second kappa shape index (κ2) is 8.30. The summed E-state index contributed by atoms with van der Waals surface area (Å²) in [6, 6.07) is 12.4. The van der Waals surface area contributed by atoms with Crippen LogP contribution >= 0.6 is 11.8 Å². The molecule has 0 atom stereocenters. The van der Waals surface area contributed by atoms with Gasteiger partial charge in [0.05, 0.1) is 6.21 Å². The Morgan fingerprint density at radius 3 is 2.67 bits per heavy atom. The van der Waals surface area contributed by atoms with Gasteiger partial charge in [-0.1, -0.05) is 36.9 Å². The molecule has 0 saturated heterocycles. The van der Waals surface area contributed by atoms with Gasteiger partial charge in [0.25, 0.3) is 5.82 Å². The van der Waals surface area contributed by atoms with Gasteiger partial charge in [0.1, 0.15) is 23.9 Å². The summed E-state index contributed by atoms with van der Waals surface area (Å²) in [5, 5.41) is 10.6. The molecule has 2 heterocycles. The summed E-state index contributed by atoms with van der Waals surface area (Å²) in [7, 11) is 0. The highest BCUT2D eigenvalue weighted by molar-refractivity contribution is 7.99. The molecule has 0 amide bonds. The van der Waals surface area contributed by atoms with Crippen LogP contribution in [0.5, 0.6) is 5.75 Å². The number of furan rings is 1. The average Bonchev–Trinajstić information content (AvgIpc) is 3.26. The summed E-state index contributed by atoms with van der Waals surface area (Å²) >= 11 is 1.11. The number of para-hydroxylation sites is 1. The molecule has 10 heteroatoms. The van der Waals surface area contributed by atoms with Crippen LogP contribution in [-0.2, 0) is 12.8 Å². The van der Waals surface area contributed by atoms with Crippen molar-refractivity contribution < 1.29 is 22.3 Å². The second-order valence-electron chi connectivity index (χ2n) is 5.20. The van der Waals surface area contributed by atoms with Gasteiger partial charge in [-0.05, 0) is 30.0 Å². The van der Waals surface area contributed by atoms with Gasteiger partial charge in [0.15, 0.2) is 0 Å². The number of halogens is 3. The van der Waals surface area contributed by atoms with E-state index in [0.29, 0.717) is 21.9 Å². The second-order valence-corrected chi connectivity index (χ2v) is 6.43. The molecule has 0 aliphatic rings. The number of alkyl halides is 3. The fourth-order valence-electron chi connectivity index (χ4n) is 2.09.